The fourth-order valence-corrected chi connectivity index (χ4v) is 2.02. The fourth-order valence-electron chi connectivity index (χ4n) is 2.02. The van der Waals surface area contributed by atoms with Crippen molar-refractivity contribution in [3.05, 3.63) is 0 Å². The lowest BCUT2D eigenvalue weighted by Crippen LogP contribution is -2.45. The van der Waals surface area contributed by atoms with Crippen molar-refractivity contribution in [2.75, 3.05) is 13.6 Å². The van der Waals surface area contributed by atoms with Crippen LogP contribution in [0.15, 0.2) is 0 Å². The summed E-state index contributed by atoms with van der Waals surface area (Å²) in [6.45, 7) is 5.44. The molecular weight excluding hydrogens is 136 g/mol. The van der Waals surface area contributed by atoms with Crippen LogP contribution >= 0.6 is 0 Å². The lowest BCUT2D eigenvalue weighted by Gasteiger charge is -2.39. The molecule has 1 rings (SSSR count). The van der Waals surface area contributed by atoms with E-state index in [-0.39, 0.29) is 0 Å². The second kappa shape index (κ2) is 3.55. The molecule has 1 saturated heterocycles. The van der Waals surface area contributed by atoms with Gasteiger partial charge in [0.15, 0.2) is 0 Å². The van der Waals surface area contributed by atoms with E-state index in [0.29, 0.717) is 12.1 Å². The first kappa shape index (κ1) is 9.01. The van der Waals surface area contributed by atoms with Crippen molar-refractivity contribution in [3.63, 3.8) is 0 Å². The molecule has 66 valence electrons. The third-order valence-corrected chi connectivity index (χ3v) is 3.07. The lowest BCUT2D eigenvalue weighted by atomic mass is 9.88. The summed E-state index contributed by atoms with van der Waals surface area (Å²) in [5.74, 6) is 0.760. The van der Waals surface area contributed by atoms with Crippen molar-refractivity contribution in [2.45, 2.75) is 38.8 Å². The Morgan fingerprint density at radius 3 is 2.09 bits per heavy atom. The second-order valence-corrected chi connectivity index (χ2v) is 3.94. The lowest BCUT2D eigenvalue weighted by molar-refractivity contribution is 0.101. The zero-order valence-corrected chi connectivity index (χ0v) is 7.88. The van der Waals surface area contributed by atoms with Crippen LogP contribution in [0, 0.1) is 5.92 Å². The van der Waals surface area contributed by atoms with E-state index < -0.39 is 0 Å². The molecule has 0 aromatic rings. The first-order valence-electron chi connectivity index (χ1n) is 4.57. The highest BCUT2D eigenvalue weighted by atomic mass is 15.2. The molecule has 1 aliphatic rings. The van der Waals surface area contributed by atoms with Crippen molar-refractivity contribution >= 4 is 0 Å². The topological polar surface area (TPSA) is 29.3 Å². The summed E-state index contributed by atoms with van der Waals surface area (Å²) < 4.78 is 0. The van der Waals surface area contributed by atoms with Gasteiger partial charge in [0.25, 0.3) is 0 Å². The number of nitrogens with two attached hydrogens (primary N) is 1. The van der Waals surface area contributed by atoms with Gasteiger partial charge < -0.3 is 10.6 Å². The molecule has 3 atom stereocenters. The number of piperidine rings is 1. The molecule has 1 aliphatic heterocycles. The molecule has 0 bridgehead atoms. The Morgan fingerprint density at radius 1 is 1.27 bits per heavy atom. The summed E-state index contributed by atoms with van der Waals surface area (Å²) in [6, 6.07) is 1.43. The van der Waals surface area contributed by atoms with Crippen LogP contribution in [0.25, 0.3) is 0 Å². The number of hydrogen-bond acceptors (Lipinski definition) is 2. The van der Waals surface area contributed by atoms with E-state index in [4.69, 9.17) is 5.73 Å². The predicted octanol–water partition coefficient (Wildman–Crippen LogP) is 1.06. The van der Waals surface area contributed by atoms with E-state index in [1.165, 1.54) is 12.8 Å². The first-order chi connectivity index (χ1) is 5.15. The highest BCUT2D eigenvalue weighted by Gasteiger charge is 2.26. The van der Waals surface area contributed by atoms with E-state index >= 15 is 0 Å². The largest absolute Gasteiger partial charge is 0.330 e. The third-order valence-electron chi connectivity index (χ3n) is 3.07. The van der Waals surface area contributed by atoms with Crippen molar-refractivity contribution in [3.8, 4) is 0 Å². The van der Waals surface area contributed by atoms with Gasteiger partial charge in [0.05, 0.1) is 0 Å². The minimum atomic E-state index is 0.715. The van der Waals surface area contributed by atoms with Gasteiger partial charge in [0, 0.05) is 12.1 Å². The summed E-state index contributed by atoms with van der Waals surface area (Å²) in [7, 11) is 2.21. The number of likely N-dealkylation sites (tertiary alicyclic amines) is 1. The molecule has 11 heavy (non-hydrogen) atoms. The molecule has 0 spiro atoms. The maximum Gasteiger partial charge on any atom is 0.00698 e. The normalized spacial score (nSPS) is 40.9. The molecule has 1 heterocycles. The van der Waals surface area contributed by atoms with Crippen LogP contribution in [0.5, 0.6) is 0 Å². The number of nitrogens with zero attached hydrogens (tertiary/aromatic N) is 1. The highest BCUT2D eigenvalue weighted by molar-refractivity contribution is 4.82. The summed E-state index contributed by atoms with van der Waals surface area (Å²) >= 11 is 0. The van der Waals surface area contributed by atoms with E-state index in [9.17, 15) is 0 Å². The molecule has 0 radical (unpaired) electrons. The van der Waals surface area contributed by atoms with Gasteiger partial charge in [-0.2, -0.15) is 0 Å². The van der Waals surface area contributed by atoms with Gasteiger partial charge in [-0.15, -0.1) is 0 Å². The van der Waals surface area contributed by atoms with Crippen LogP contribution in [0.4, 0.5) is 0 Å². The van der Waals surface area contributed by atoms with Gasteiger partial charge in [-0.3, -0.25) is 0 Å². The molecule has 0 aromatic heterocycles. The summed E-state index contributed by atoms with van der Waals surface area (Å²) in [5, 5.41) is 0. The fraction of sp³-hybridized carbons (Fsp3) is 1.00. The van der Waals surface area contributed by atoms with Gasteiger partial charge in [0.1, 0.15) is 0 Å². The summed E-state index contributed by atoms with van der Waals surface area (Å²) in [4.78, 5) is 2.45. The van der Waals surface area contributed by atoms with Crippen LogP contribution < -0.4 is 5.73 Å². The minimum Gasteiger partial charge on any atom is -0.330 e. The van der Waals surface area contributed by atoms with Gasteiger partial charge in [-0.05, 0) is 46.2 Å². The highest BCUT2D eigenvalue weighted by Crippen LogP contribution is 2.24. The van der Waals surface area contributed by atoms with Crippen molar-refractivity contribution in [1.82, 2.24) is 4.90 Å². The van der Waals surface area contributed by atoms with Gasteiger partial charge >= 0.3 is 0 Å². The average molecular weight is 156 g/mol. The van der Waals surface area contributed by atoms with Crippen LogP contribution in [-0.4, -0.2) is 30.6 Å². The standard InChI is InChI=1S/C9H20N2/c1-7-4-9(6-10)5-8(2)11(7)3/h7-9H,4-6,10H2,1-3H3/t7-,8+,9?. The number of hydrogen-bond donors (Lipinski definition) is 1. The average Bonchev–Trinajstić information content (AvgIpc) is 1.99. The zero-order chi connectivity index (χ0) is 8.43. The Balaban J connectivity index is 2.47. The maximum atomic E-state index is 5.65. The molecule has 0 amide bonds. The monoisotopic (exact) mass is 156 g/mol. The van der Waals surface area contributed by atoms with Crippen LogP contribution in [0.1, 0.15) is 26.7 Å². The summed E-state index contributed by atoms with van der Waals surface area (Å²) in [6.07, 6.45) is 2.55. The Hall–Kier alpha value is -0.0800. The second-order valence-electron chi connectivity index (χ2n) is 3.94. The van der Waals surface area contributed by atoms with E-state index in [1.807, 2.05) is 0 Å². The molecule has 2 heteroatoms. The first-order valence-corrected chi connectivity index (χ1v) is 4.57. The molecule has 0 aliphatic carbocycles. The molecule has 0 saturated carbocycles. The van der Waals surface area contributed by atoms with Gasteiger partial charge in [0.2, 0.25) is 0 Å². The van der Waals surface area contributed by atoms with Gasteiger partial charge in [-0.1, -0.05) is 0 Å². The van der Waals surface area contributed by atoms with E-state index in [1.54, 1.807) is 0 Å². The molecule has 1 fully saturated rings. The zero-order valence-electron chi connectivity index (χ0n) is 7.88. The van der Waals surface area contributed by atoms with Crippen molar-refractivity contribution in [2.24, 2.45) is 11.7 Å². The predicted molar refractivity (Wildman–Crippen MR) is 48.5 cm³/mol. The molecular formula is C9H20N2. The SMILES string of the molecule is C[C@@H]1CC(CN)C[C@H](C)N1C. The quantitative estimate of drug-likeness (QED) is 0.615. The van der Waals surface area contributed by atoms with Crippen LogP contribution in [0.3, 0.4) is 0 Å². The Bertz CT molecular complexity index is 113. The minimum absolute atomic E-state index is 0.715. The van der Waals surface area contributed by atoms with Crippen LogP contribution in [0.2, 0.25) is 0 Å². The van der Waals surface area contributed by atoms with E-state index in [2.05, 4.69) is 25.8 Å². The molecule has 2 N–H and O–H groups in total. The number of rotatable bonds is 1. The Morgan fingerprint density at radius 2 is 1.73 bits per heavy atom. The smallest absolute Gasteiger partial charge is 0.00698 e. The van der Waals surface area contributed by atoms with Crippen molar-refractivity contribution < 1.29 is 0 Å². The van der Waals surface area contributed by atoms with Crippen molar-refractivity contribution in [1.29, 1.82) is 0 Å². The van der Waals surface area contributed by atoms with Crippen LogP contribution in [-0.2, 0) is 0 Å². The third kappa shape index (κ3) is 1.94. The molecule has 0 aromatic carbocycles. The molecule has 2 nitrogen and oxygen atoms in total. The van der Waals surface area contributed by atoms with E-state index in [0.717, 1.165) is 12.5 Å². The van der Waals surface area contributed by atoms with Gasteiger partial charge in [-0.25, -0.2) is 0 Å². The Kier molecular flexibility index (Phi) is 2.90. The summed E-state index contributed by atoms with van der Waals surface area (Å²) in [5.41, 5.74) is 5.65. The Labute approximate surface area is 69.8 Å². The molecule has 1 unspecified atom stereocenters. The maximum absolute atomic E-state index is 5.65.